The van der Waals surface area contributed by atoms with Crippen LogP contribution in [0.3, 0.4) is 0 Å². The van der Waals surface area contributed by atoms with Gasteiger partial charge in [-0.2, -0.15) is 5.10 Å². The molecule has 0 radical (unpaired) electrons. The lowest BCUT2D eigenvalue weighted by Crippen LogP contribution is -2.12. The Morgan fingerprint density at radius 1 is 1.15 bits per heavy atom. The van der Waals surface area contributed by atoms with Crippen molar-refractivity contribution < 1.29 is 9.18 Å². The lowest BCUT2D eigenvalue weighted by atomic mass is 10.0. The highest BCUT2D eigenvalue weighted by atomic mass is 19.1. The van der Waals surface area contributed by atoms with Crippen molar-refractivity contribution in [2.24, 2.45) is 0 Å². The molecule has 4 aromatic rings. The van der Waals surface area contributed by atoms with E-state index in [1.165, 1.54) is 18.3 Å². The predicted octanol–water partition coefficient (Wildman–Crippen LogP) is 3.39. The van der Waals surface area contributed by atoms with Gasteiger partial charge in [0.05, 0.1) is 17.4 Å². The third-order valence-corrected chi connectivity index (χ3v) is 4.19. The Bertz CT molecular complexity index is 1230. The van der Waals surface area contributed by atoms with Crippen LogP contribution < -0.4 is 10.9 Å². The van der Waals surface area contributed by atoms with Gasteiger partial charge >= 0.3 is 0 Å². The number of hydrogen-bond acceptors (Lipinski definition) is 3. The minimum atomic E-state index is -0.561. The van der Waals surface area contributed by atoms with Crippen molar-refractivity contribution >= 4 is 17.1 Å². The molecule has 27 heavy (non-hydrogen) atoms. The van der Waals surface area contributed by atoms with E-state index in [0.717, 1.165) is 17.1 Å². The summed E-state index contributed by atoms with van der Waals surface area (Å²) in [5.41, 5.74) is 3.13. The van der Waals surface area contributed by atoms with Crippen LogP contribution in [-0.2, 0) is 0 Å². The Hall–Kier alpha value is -3.74. The summed E-state index contributed by atoms with van der Waals surface area (Å²) in [5, 5.41) is 6.96. The van der Waals surface area contributed by atoms with E-state index in [4.69, 9.17) is 0 Å². The number of benzene rings is 1. The van der Waals surface area contributed by atoms with E-state index in [1.807, 2.05) is 19.1 Å². The first-order chi connectivity index (χ1) is 13.0. The van der Waals surface area contributed by atoms with E-state index >= 15 is 0 Å². The Balaban J connectivity index is 1.69. The van der Waals surface area contributed by atoms with Gasteiger partial charge in [0.2, 0.25) is 5.56 Å². The number of hydrogen-bond donors (Lipinski definition) is 2. The molecule has 0 bridgehead atoms. The molecule has 0 aliphatic heterocycles. The zero-order valence-electron chi connectivity index (χ0n) is 14.4. The molecule has 6 nitrogen and oxygen atoms in total. The Morgan fingerprint density at radius 3 is 2.81 bits per heavy atom. The summed E-state index contributed by atoms with van der Waals surface area (Å²) in [7, 11) is 0. The number of aromatic nitrogens is 3. The molecule has 0 spiro atoms. The van der Waals surface area contributed by atoms with Gasteiger partial charge in [-0.15, -0.1) is 0 Å². The van der Waals surface area contributed by atoms with Gasteiger partial charge in [0, 0.05) is 24.0 Å². The van der Waals surface area contributed by atoms with Crippen LogP contribution in [0.4, 0.5) is 10.1 Å². The first-order valence-corrected chi connectivity index (χ1v) is 8.25. The average molecular weight is 362 g/mol. The van der Waals surface area contributed by atoms with E-state index in [2.05, 4.69) is 15.4 Å². The number of carbonyl (C=O) groups is 1. The lowest BCUT2D eigenvalue weighted by Gasteiger charge is -2.07. The maximum absolute atomic E-state index is 14.1. The molecule has 0 fully saturated rings. The lowest BCUT2D eigenvalue weighted by molar-refractivity contribution is 0.102. The number of aromatic amines is 1. The molecule has 0 aliphatic carbocycles. The van der Waals surface area contributed by atoms with Crippen molar-refractivity contribution in [2.75, 3.05) is 5.32 Å². The second-order valence-corrected chi connectivity index (χ2v) is 6.22. The van der Waals surface area contributed by atoms with Crippen LogP contribution in [0.15, 0.2) is 65.8 Å². The number of rotatable bonds is 3. The van der Waals surface area contributed by atoms with Crippen molar-refractivity contribution in [3.63, 3.8) is 0 Å². The molecule has 0 saturated heterocycles. The summed E-state index contributed by atoms with van der Waals surface area (Å²) in [6.07, 6.45) is 4.82. The molecule has 0 saturated carbocycles. The highest BCUT2D eigenvalue weighted by Crippen LogP contribution is 2.23. The maximum atomic E-state index is 14.1. The summed E-state index contributed by atoms with van der Waals surface area (Å²) < 4.78 is 15.7. The van der Waals surface area contributed by atoms with Crippen LogP contribution in [0.2, 0.25) is 0 Å². The van der Waals surface area contributed by atoms with Crippen LogP contribution in [-0.4, -0.2) is 20.5 Å². The van der Waals surface area contributed by atoms with E-state index in [1.54, 1.807) is 29.0 Å². The number of anilines is 1. The van der Waals surface area contributed by atoms with Gasteiger partial charge in [-0.05, 0) is 60.0 Å². The Labute approximate surface area is 153 Å². The molecule has 1 amide bonds. The van der Waals surface area contributed by atoms with E-state index in [9.17, 15) is 14.0 Å². The van der Waals surface area contributed by atoms with Gasteiger partial charge < -0.3 is 10.3 Å². The van der Waals surface area contributed by atoms with E-state index < -0.39 is 11.7 Å². The summed E-state index contributed by atoms with van der Waals surface area (Å²) >= 11 is 0. The fourth-order valence-corrected chi connectivity index (χ4v) is 2.89. The van der Waals surface area contributed by atoms with Crippen LogP contribution in [0.5, 0.6) is 0 Å². The molecule has 1 aromatic carbocycles. The normalized spacial score (nSPS) is 10.9. The summed E-state index contributed by atoms with van der Waals surface area (Å²) in [4.78, 5) is 26.7. The first-order valence-electron chi connectivity index (χ1n) is 8.25. The van der Waals surface area contributed by atoms with Crippen molar-refractivity contribution in [1.82, 2.24) is 14.6 Å². The molecule has 0 unspecified atom stereocenters. The molecule has 7 heteroatoms. The second-order valence-electron chi connectivity index (χ2n) is 6.22. The zero-order chi connectivity index (χ0) is 19.0. The van der Waals surface area contributed by atoms with Crippen LogP contribution in [0.1, 0.15) is 15.9 Å². The third-order valence-electron chi connectivity index (χ3n) is 4.19. The number of aryl methyl sites for hydroxylation is 1. The highest BCUT2D eigenvalue weighted by Gasteiger charge is 2.13. The molecular formula is C20H15FN4O2. The molecule has 0 atom stereocenters. The minimum Gasteiger partial charge on any atom is -0.329 e. The second kappa shape index (κ2) is 6.53. The van der Waals surface area contributed by atoms with Crippen molar-refractivity contribution in [1.29, 1.82) is 0 Å². The quantitative estimate of drug-likeness (QED) is 0.586. The average Bonchev–Trinajstić information content (AvgIpc) is 3.03. The van der Waals surface area contributed by atoms with Crippen molar-refractivity contribution in [3.8, 4) is 11.1 Å². The fourth-order valence-electron chi connectivity index (χ4n) is 2.89. The Kier molecular flexibility index (Phi) is 4.04. The van der Waals surface area contributed by atoms with Crippen LogP contribution in [0.25, 0.3) is 16.6 Å². The smallest absolute Gasteiger partial charge is 0.255 e. The molecule has 0 aliphatic rings. The number of halogens is 1. The van der Waals surface area contributed by atoms with Gasteiger partial charge in [-0.1, -0.05) is 0 Å². The number of fused-ring (bicyclic) bond motifs is 1. The third kappa shape index (κ3) is 3.35. The number of nitrogens with zero attached hydrogens (tertiary/aromatic N) is 2. The first kappa shape index (κ1) is 16.7. The van der Waals surface area contributed by atoms with E-state index in [-0.39, 0.29) is 11.1 Å². The summed E-state index contributed by atoms with van der Waals surface area (Å²) in [6.45, 7) is 1.94. The molecule has 4 rings (SSSR count). The van der Waals surface area contributed by atoms with Gasteiger partial charge in [0.25, 0.3) is 5.91 Å². The Morgan fingerprint density at radius 2 is 2.00 bits per heavy atom. The molecule has 134 valence electrons. The molecule has 3 heterocycles. The van der Waals surface area contributed by atoms with Gasteiger partial charge in [0.15, 0.2) is 0 Å². The molecule has 3 aromatic heterocycles. The fraction of sp³-hybridized carbons (Fsp3) is 0.0500. The largest absolute Gasteiger partial charge is 0.329 e. The van der Waals surface area contributed by atoms with Crippen molar-refractivity contribution in [3.05, 3.63) is 88.4 Å². The SMILES string of the molecule is Cc1ccn2ncc(NC(=O)c3cc(F)cc(-c4cc[nH]c(=O)c4)c3)c2c1. The maximum Gasteiger partial charge on any atom is 0.255 e. The predicted molar refractivity (Wildman–Crippen MR) is 100 cm³/mol. The van der Waals surface area contributed by atoms with E-state index in [0.29, 0.717) is 16.8 Å². The highest BCUT2D eigenvalue weighted by molar-refractivity contribution is 6.06. The number of nitrogens with one attached hydrogen (secondary N) is 2. The van der Waals surface area contributed by atoms with Crippen molar-refractivity contribution in [2.45, 2.75) is 6.92 Å². The number of H-pyrrole nitrogens is 1. The van der Waals surface area contributed by atoms with Gasteiger partial charge in [0.1, 0.15) is 5.82 Å². The standard InChI is InChI=1S/C20H15FN4O2/c1-12-3-5-25-18(6-12)17(11-23-25)24-20(27)15-7-14(8-16(21)9-15)13-2-4-22-19(26)10-13/h2-11H,1H3,(H,22,26)(H,24,27). The summed E-state index contributed by atoms with van der Waals surface area (Å²) in [6, 6.07) is 10.8. The minimum absolute atomic E-state index is 0.150. The molecular weight excluding hydrogens is 347 g/mol. The number of carbonyl (C=O) groups excluding carboxylic acids is 1. The molecule has 2 N–H and O–H groups in total. The monoisotopic (exact) mass is 362 g/mol. The van der Waals surface area contributed by atoms with Crippen LogP contribution >= 0.6 is 0 Å². The summed E-state index contributed by atoms with van der Waals surface area (Å²) in [5.74, 6) is -1.02. The number of pyridine rings is 2. The van der Waals surface area contributed by atoms with Gasteiger partial charge in [-0.25, -0.2) is 8.91 Å². The van der Waals surface area contributed by atoms with Crippen LogP contribution in [0, 0.1) is 12.7 Å². The van der Waals surface area contributed by atoms with Gasteiger partial charge in [-0.3, -0.25) is 9.59 Å². The topological polar surface area (TPSA) is 79.3 Å². The number of amides is 1. The zero-order valence-corrected chi connectivity index (χ0v) is 14.4.